The molecular weight excluding hydrogens is 316 g/mol. The van der Waals surface area contributed by atoms with Gasteiger partial charge in [0.05, 0.1) is 17.9 Å². The first-order valence-electron chi connectivity index (χ1n) is 8.27. The number of esters is 1. The van der Waals surface area contributed by atoms with Crippen molar-refractivity contribution in [2.24, 2.45) is 0 Å². The second-order valence-electron chi connectivity index (χ2n) is 5.93. The average molecular weight is 338 g/mol. The maximum absolute atomic E-state index is 11.6. The highest BCUT2D eigenvalue weighted by atomic mass is 16.8. The van der Waals surface area contributed by atoms with Crippen LogP contribution >= 0.6 is 0 Å². The van der Waals surface area contributed by atoms with Crippen LogP contribution in [0.15, 0.2) is 54.6 Å². The molecule has 1 heterocycles. The molecule has 0 saturated carbocycles. The summed E-state index contributed by atoms with van der Waals surface area (Å²) in [5, 5.41) is 1.79. The normalized spacial score (nSPS) is 16.1. The number of ether oxygens (including phenoxy) is 1. The summed E-state index contributed by atoms with van der Waals surface area (Å²) in [7, 11) is 4.04. The van der Waals surface area contributed by atoms with Crippen molar-refractivity contribution in [3.63, 3.8) is 0 Å². The van der Waals surface area contributed by atoms with E-state index in [2.05, 4.69) is 29.2 Å². The molecule has 0 radical (unpaired) electrons. The lowest BCUT2D eigenvalue weighted by Crippen LogP contribution is -2.07. The summed E-state index contributed by atoms with van der Waals surface area (Å²) in [4.78, 5) is 19.3. The Kier molecular flexibility index (Phi) is 5.05. The Labute approximate surface area is 148 Å². The fraction of sp³-hybridized carbons (Fsp3) is 0.250. The minimum absolute atomic E-state index is 0.0815. The highest BCUT2D eigenvalue weighted by molar-refractivity contribution is 5.89. The minimum Gasteiger partial charge on any atom is -0.462 e. The summed E-state index contributed by atoms with van der Waals surface area (Å²) in [6.07, 6.45) is 3.96. The zero-order chi connectivity index (χ0) is 17.8. The van der Waals surface area contributed by atoms with Crippen LogP contribution in [-0.4, -0.2) is 32.9 Å². The maximum atomic E-state index is 11.6. The van der Waals surface area contributed by atoms with Crippen molar-refractivity contribution in [2.75, 3.05) is 30.7 Å². The summed E-state index contributed by atoms with van der Waals surface area (Å²) in [5.74, 6) is -0.307. The van der Waals surface area contributed by atoms with Gasteiger partial charge in [-0.25, -0.2) is 14.7 Å². The van der Waals surface area contributed by atoms with E-state index in [-0.39, 0.29) is 12.2 Å². The fourth-order valence-electron chi connectivity index (χ4n) is 2.45. The molecule has 0 amide bonds. The highest BCUT2D eigenvalue weighted by Crippen LogP contribution is 2.31. The van der Waals surface area contributed by atoms with Crippen LogP contribution in [0, 0.1) is 0 Å². The highest BCUT2D eigenvalue weighted by Gasteiger charge is 2.34. The molecule has 5 nitrogen and oxygen atoms in total. The van der Waals surface area contributed by atoms with Gasteiger partial charge in [0.15, 0.2) is 6.23 Å². The lowest BCUT2D eigenvalue weighted by atomic mass is 10.2. The van der Waals surface area contributed by atoms with E-state index in [4.69, 9.17) is 9.57 Å². The smallest absolute Gasteiger partial charge is 0.338 e. The number of hydrogen-bond acceptors (Lipinski definition) is 5. The Morgan fingerprint density at radius 1 is 1.16 bits per heavy atom. The van der Waals surface area contributed by atoms with Crippen LogP contribution in [0.3, 0.4) is 0 Å². The van der Waals surface area contributed by atoms with Gasteiger partial charge in [0.2, 0.25) is 0 Å². The Morgan fingerprint density at radius 3 is 2.44 bits per heavy atom. The minimum atomic E-state index is -0.307. The van der Waals surface area contributed by atoms with Gasteiger partial charge in [-0.3, -0.25) is 0 Å². The zero-order valence-corrected chi connectivity index (χ0v) is 14.7. The van der Waals surface area contributed by atoms with E-state index < -0.39 is 0 Å². The van der Waals surface area contributed by atoms with Gasteiger partial charge >= 0.3 is 5.97 Å². The Morgan fingerprint density at radius 2 is 1.84 bits per heavy atom. The predicted octanol–water partition coefficient (Wildman–Crippen LogP) is 3.72. The number of hydroxylamine groups is 1. The van der Waals surface area contributed by atoms with Gasteiger partial charge < -0.3 is 9.64 Å². The van der Waals surface area contributed by atoms with Gasteiger partial charge in [0.25, 0.3) is 0 Å². The molecule has 1 aliphatic rings. The van der Waals surface area contributed by atoms with Crippen molar-refractivity contribution in [2.45, 2.75) is 13.2 Å². The van der Waals surface area contributed by atoms with E-state index in [1.54, 1.807) is 24.1 Å². The molecule has 3 rings (SSSR count). The first-order valence-corrected chi connectivity index (χ1v) is 8.27. The summed E-state index contributed by atoms with van der Waals surface area (Å²) >= 11 is 0. The van der Waals surface area contributed by atoms with Crippen molar-refractivity contribution in [1.29, 1.82) is 0 Å². The van der Waals surface area contributed by atoms with Gasteiger partial charge in [-0.15, -0.1) is 0 Å². The Balaban J connectivity index is 1.58. The monoisotopic (exact) mass is 338 g/mol. The van der Waals surface area contributed by atoms with Gasteiger partial charge in [-0.1, -0.05) is 18.2 Å². The van der Waals surface area contributed by atoms with E-state index in [1.165, 1.54) is 5.69 Å². The topological polar surface area (TPSA) is 45.1 Å². The fourth-order valence-corrected chi connectivity index (χ4v) is 2.45. The molecule has 0 N–H and O–H groups in total. The summed E-state index contributed by atoms with van der Waals surface area (Å²) in [6.45, 7) is 2.17. The number of carbonyl (C=O) groups is 1. The van der Waals surface area contributed by atoms with E-state index in [0.29, 0.717) is 12.2 Å². The maximum Gasteiger partial charge on any atom is 0.338 e. The van der Waals surface area contributed by atoms with E-state index in [9.17, 15) is 4.79 Å². The van der Waals surface area contributed by atoms with Crippen LogP contribution in [-0.2, 0) is 9.57 Å². The molecule has 0 aliphatic carbocycles. The lowest BCUT2D eigenvalue weighted by Gasteiger charge is -2.11. The van der Waals surface area contributed by atoms with E-state index in [1.807, 2.05) is 38.4 Å². The third kappa shape index (κ3) is 4.19. The molecular formula is C20H22N2O3. The largest absolute Gasteiger partial charge is 0.462 e. The number of benzene rings is 2. The summed E-state index contributed by atoms with van der Waals surface area (Å²) in [5.41, 5.74) is 3.74. The molecule has 1 atom stereocenters. The average Bonchev–Trinajstić information content (AvgIpc) is 3.40. The third-order valence-electron chi connectivity index (χ3n) is 3.90. The molecule has 1 fully saturated rings. The van der Waals surface area contributed by atoms with Crippen molar-refractivity contribution in [3.8, 4) is 0 Å². The molecule has 2 aromatic rings. The molecule has 1 aliphatic heterocycles. The Hall–Kier alpha value is -2.79. The number of anilines is 2. The molecule has 1 saturated heterocycles. The van der Waals surface area contributed by atoms with Crippen molar-refractivity contribution in [3.05, 3.63) is 65.7 Å². The second-order valence-corrected chi connectivity index (χ2v) is 5.93. The molecule has 0 aromatic heterocycles. The molecule has 25 heavy (non-hydrogen) atoms. The molecule has 1 unspecified atom stereocenters. The Bertz CT molecular complexity index is 752. The van der Waals surface area contributed by atoms with E-state index >= 15 is 0 Å². The van der Waals surface area contributed by atoms with Gasteiger partial charge in [-0.2, -0.15) is 0 Å². The van der Waals surface area contributed by atoms with E-state index in [0.717, 1.165) is 11.3 Å². The molecule has 2 aromatic carbocycles. The van der Waals surface area contributed by atoms with Crippen LogP contribution in [0.5, 0.6) is 0 Å². The van der Waals surface area contributed by atoms with Crippen LogP contribution in [0.2, 0.25) is 0 Å². The van der Waals surface area contributed by atoms with Crippen LogP contribution in [0.25, 0.3) is 6.08 Å². The molecule has 0 bridgehead atoms. The quantitative estimate of drug-likeness (QED) is 0.593. The van der Waals surface area contributed by atoms with Gasteiger partial charge in [0.1, 0.15) is 0 Å². The standard InChI is InChI=1S/C20H22N2O3/c1-4-24-20(23)16-8-12-18(13-9-16)22-19(25-22)14-7-15-5-10-17(11-6-15)21(2)3/h5-14,19H,4H2,1-3H3. The first kappa shape index (κ1) is 17.0. The number of nitrogens with zero attached hydrogens (tertiary/aromatic N) is 2. The van der Waals surface area contributed by atoms with Crippen molar-refractivity contribution >= 4 is 23.4 Å². The van der Waals surface area contributed by atoms with Gasteiger partial charge in [-0.05, 0) is 55.0 Å². The van der Waals surface area contributed by atoms with Crippen molar-refractivity contribution in [1.82, 2.24) is 0 Å². The van der Waals surface area contributed by atoms with Crippen molar-refractivity contribution < 1.29 is 14.4 Å². The number of rotatable bonds is 6. The lowest BCUT2D eigenvalue weighted by molar-refractivity contribution is 0.0526. The predicted molar refractivity (Wildman–Crippen MR) is 99.6 cm³/mol. The summed E-state index contributed by atoms with van der Waals surface area (Å²) in [6, 6.07) is 15.5. The molecule has 130 valence electrons. The molecule has 0 spiro atoms. The zero-order valence-electron chi connectivity index (χ0n) is 14.7. The van der Waals surface area contributed by atoms with Crippen LogP contribution < -0.4 is 9.96 Å². The molecule has 5 heteroatoms. The van der Waals surface area contributed by atoms with Crippen LogP contribution in [0.1, 0.15) is 22.8 Å². The first-order chi connectivity index (χ1) is 12.1. The summed E-state index contributed by atoms with van der Waals surface area (Å²) < 4.78 is 4.98. The number of carbonyl (C=O) groups excluding carboxylic acids is 1. The van der Waals surface area contributed by atoms with Crippen LogP contribution in [0.4, 0.5) is 11.4 Å². The second kappa shape index (κ2) is 7.40. The third-order valence-corrected chi connectivity index (χ3v) is 3.90. The number of hydrogen-bond donors (Lipinski definition) is 0. The SMILES string of the molecule is CCOC(=O)c1ccc(N2OC2C=Cc2ccc(N(C)C)cc2)cc1. The van der Waals surface area contributed by atoms with Gasteiger partial charge in [0, 0.05) is 19.8 Å².